The van der Waals surface area contributed by atoms with Gasteiger partial charge in [0.05, 0.1) is 0 Å². The zero-order chi connectivity index (χ0) is 4.50. The van der Waals surface area contributed by atoms with Gasteiger partial charge in [-0.25, -0.2) is 0 Å². The monoisotopic (exact) mass is 251 g/mol. The minimum atomic E-state index is -5.39. The number of hydrogen-bond acceptors (Lipinski definition) is 4. The fraction of sp³-hybridized carbons (Fsp3) is 0. The van der Waals surface area contributed by atoms with E-state index in [1.807, 2.05) is 0 Å². The zero-order valence-electron chi connectivity index (χ0n) is 4.66. The molecule has 0 aromatic heterocycles. The summed E-state index contributed by atoms with van der Waals surface area (Å²) in [5, 5.41) is 0. The first-order valence-electron chi connectivity index (χ1n) is 0.730. The smallest absolute Gasteiger partial charge is 0.822 e. The Morgan fingerprint density at radius 1 is 1.11 bits per heavy atom. The van der Waals surface area contributed by atoms with Crippen molar-refractivity contribution in [2.24, 2.45) is 0 Å². The Morgan fingerprint density at radius 2 is 1.11 bits per heavy atom. The molecule has 0 spiro atoms. The molecule has 0 saturated heterocycles. The molecule has 0 saturated carbocycles. The maximum atomic E-state index is 8.55. The van der Waals surface area contributed by atoms with Crippen LogP contribution in [0.1, 0.15) is 0 Å². The van der Waals surface area contributed by atoms with E-state index in [-0.39, 0.29) is 75.5 Å². The molecule has 0 atom stereocenters. The van der Waals surface area contributed by atoms with Crippen molar-refractivity contribution >= 4 is 42.8 Å². The average molecular weight is 249 g/mol. The van der Waals surface area contributed by atoms with E-state index in [0.29, 0.717) is 0 Å². The minimum Gasteiger partial charge on any atom is -0.822 e. The Balaban J connectivity index is -0.0000000133. The standard InChI is InChI=1S/Al.Ge.Li.H3O4P.Ti/c;;;1-5(2,3)4;/h;;;(H3,1,2,3,4);/q+3;;+1;;+4/p-3. The van der Waals surface area contributed by atoms with Crippen molar-refractivity contribution < 1.29 is 59.8 Å². The van der Waals surface area contributed by atoms with Crippen LogP contribution in [0.25, 0.3) is 0 Å². The van der Waals surface area contributed by atoms with E-state index < -0.39 is 7.82 Å². The van der Waals surface area contributed by atoms with Gasteiger partial charge in [-0.05, 0) is 0 Å². The van der Waals surface area contributed by atoms with Crippen molar-refractivity contribution in [3.63, 3.8) is 0 Å². The van der Waals surface area contributed by atoms with Crippen LogP contribution in [-0.2, 0) is 26.3 Å². The van der Waals surface area contributed by atoms with Gasteiger partial charge in [-0.1, -0.05) is 0 Å². The van der Waals surface area contributed by atoms with Gasteiger partial charge in [0, 0.05) is 17.6 Å². The second-order valence-corrected chi connectivity index (χ2v) is 1.34. The SMILES string of the molecule is O=P([O-])([O-])[O-].[Al+3].[Ge].[Li+].[Ti+4]. The van der Waals surface area contributed by atoms with Crippen LogP contribution in [0.2, 0.25) is 0 Å². The molecule has 36 valence electrons. The molecular formula is AlGeLiO4PTi+5. The Morgan fingerprint density at radius 3 is 1.11 bits per heavy atom. The van der Waals surface area contributed by atoms with E-state index in [1.54, 1.807) is 0 Å². The quantitative estimate of drug-likeness (QED) is 0.315. The summed E-state index contributed by atoms with van der Waals surface area (Å²) < 4.78 is 8.55. The third kappa shape index (κ3) is 122. The Kier molecular flexibility index (Phi) is 43.7. The summed E-state index contributed by atoms with van der Waals surface area (Å²) in [7, 11) is -5.39. The van der Waals surface area contributed by atoms with Crippen LogP contribution in [0.3, 0.4) is 0 Å². The third-order valence-electron chi connectivity index (χ3n) is 0. The molecule has 0 bridgehead atoms. The number of rotatable bonds is 0. The summed E-state index contributed by atoms with van der Waals surface area (Å²) in [4.78, 5) is 25.6. The second-order valence-electron chi connectivity index (χ2n) is 0.447. The summed E-state index contributed by atoms with van der Waals surface area (Å²) in [6.45, 7) is 0. The largest absolute Gasteiger partial charge is 4.00 e. The minimum absolute atomic E-state index is 0. The fourth-order valence-corrected chi connectivity index (χ4v) is 0. The number of hydrogen-bond donors (Lipinski definition) is 0. The molecule has 9 heavy (non-hydrogen) atoms. The molecule has 0 amide bonds. The Labute approximate surface area is 102 Å². The van der Waals surface area contributed by atoms with Crippen LogP contribution in [0.5, 0.6) is 0 Å². The van der Waals surface area contributed by atoms with E-state index in [9.17, 15) is 0 Å². The molecule has 0 aliphatic carbocycles. The molecule has 0 aromatic carbocycles. The van der Waals surface area contributed by atoms with Crippen molar-refractivity contribution in [3.05, 3.63) is 0 Å². The molecule has 0 unspecified atom stereocenters. The van der Waals surface area contributed by atoms with Crippen LogP contribution < -0.4 is 33.5 Å². The fourth-order valence-electron chi connectivity index (χ4n) is 0. The third-order valence-corrected chi connectivity index (χ3v) is 0. The molecule has 0 rings (SSSR count). The molecular weight excluding hydrogens is 249 g/mol. The maximum absolute atomic E-state index is 8.55. The van der Waals surface area contributed by atoms with Gasteiger partial charge in [0.2, 0.25) is 0 Å². The molecule has 0 N–H and O–H groups in total. The van der Waals surface area contributed by atoms with Gasteiger partial charge < -0.3 is 19.2 Å². The predicted octanol–water partition coefficient (Wildman–Crippen LogP) is -6.58. The molecule has 0 aliphatic rings. The second kappa shape index (κ2) is 13.1. The van der Waals surface area contributed by atoms with E-state index in [2.05, 4.69) is 0 Å². The van der Waals surface area contributed by atoms with E-state index in [1.165, 1.54) is 0 Å². The summed E-state index contributed by atoms with van der Waals surface area (Å²) in [5.41, 5.74) is 0. The summed E-state index contributed by atoms with van der Waals surface area (Å²) >= 11 is 0. The summed E-state index contributed by atoms with van der Waals surface area (Å²) in [6.07, 6.45) is 0. The van der Waals surface area contributed by atoms with Crippen molar-refractivity contribution in [2.75, 3.05) is 0 Å². The maximum Gasteiger partial charge on any atom is 4.00 e. The number of phosphoric acid groups is 1. The van der Waals surface area contributed by atoms with Gasteiger partial charge in [-0.2, -0.15) is 7.82 Å². The van der Waals surface area contributed by atoms with Crippen molar-refractivity contribution in [1.82, 2.24) is 0 Å². The van der Waals surface area contributed by atoms with E-state index in [4.69, 9.17) is 19.2 Å². The van der Waals surface area contributed by atoms with Gasteiger partial charge in [-0.15, -0.1) is 0 Å². The predicted molar refractivity (Wildman–Crippen MR) is 19.1 cm³/mol. The van der Waals surface area contributed by atoms with Crippen molar-refractivity contribution in [3.8, 4) is 0 Å². The molecule has 9 heteroatoms. The average Bonchev–Trinajstić information content (AvgIpc) is 0.722. The normalized spacial score (nSPS) is 6.56. The van der Waals surface area contributed by atoms with Crippen LogP contribution in [0, 0.1) is 0 Å². The van der Waals surface area contributed by atoms with Crippen molar-refractivity contribution in [1.29, 1.82) is 0 Å². The van der Waals surface area contributed by atoms with Crippen molar-refractivity contribution in [2.45, 2.75) is 0 Å². The van der Waals surface area contributed by atoms with Crippen LogP contribution >= 0.6 is 7.82 Å². The first-order valence-corrected chi connectivity index (χ1v) is 2.19. The van der Waals surface area contributed by atoms with Gasteiger partial charge in [-0.3, -0.25) is 0 Å². The molecule has 0 aromatic rings. The molecule has 0 aliphatic heterocycles. The summed E-state index contributed by atoms with van der Waals surface area (Å²) in [6, 6.07) is 0. The van der Waals surface area contributed by atoms with Crippen LogP contribution in [0.4, 0.5) is 0 Å². The summed E-state index contributed by atoms with van der Waals surface area (Å²) in [5.74, 6) is 0. The molecule has 0 fully saturated rings. The Bertz CT molecular complexity index is 66.7. The van der Waals surface area contributed by atoms with Crippen LogP contribution in [-0.4, -0.2) is 35.0 Å². The topological polar surface area (TPSA) is 86.2 Å². The first-order chi connectivity index (χ1) is 2.00. The first kappa shape index (κ1) is 30.0. The molecule has 0 heterocycles. The van der Waals surface area contributed by atoms with E-state index in [0.717, 1.165) is 0 Å². The van der Waals surface area contributed by atoms with Crippen LogP contribution in [0.15, 0.2) is 0 Å². The van der Waals surface area contributed by atoms with Gasteiger partial charge in [0.15, 0.2) is 0 Å². The Hall–Kier alpha value is 2.50. The van der Waals surface area contributed by atoms with Gasteiger partial charge in [0.25, 0.3) is 0 Å². The molecule has 4 radical (unpaired) electrons. The van der Waals surface area contributed by atoms with Gasteiger partial charge >= 0.3 is 57.9 Å². The van der Waals surface area contributed by atoms with Gasteiger partial charge in [0.1, 0.15) is 0 Å². The zero-order valence-corrected chi connectivity index (χ0v) is 10.4. The molecule has 4 nitrogen and oxygen atoms in total. The van der Waals surface area contributed by atoms with E-state index >= 15 is 0 Å².